The first kappa shape index (κ1) is 15.2. The number of nitrogens with zero attached hydrogens (tertiary/aromatic N) is 3. The van der Waals surface area contributed by atoms with Crippen molar-refractivity contribution >= 4 is 17.2 Å². The molecule has 3 rings (SSSR count). The van der Waals surface area contributed by atoms with Gasteiger partial charge in [0.2, 0.25) is 5.91 Å². The molecule has 0 spiro atoms. The highest BCUT2D eigenvalue weighted by Crippen LogP contribution is 2.23. The molecule has 0 aromatic carbocycles. The van der Waals surface area contributed by atoms with E-state index < -0.39 is 6.10 Å². The second-order valence-electron chi connectivity index (χ2n) is 5.68. The summed E-state index contributed by atoms with van der Waals surface area (Å²) >= 11 is 1.69. The van der Waals surface area contributed by atoms with Crippen molar-refractivity contribution < 1.29 is 9.90 Å². The van der Waals surface area contributed by atoms with Crippen LogP contribution in [0.1, 0.15) is 30.2 Å². The number of amides is 1. The van der Waals surface area contributed by atoms with Gasteiger partial charge < -0.3 is 14.6 Å². The largest absolute Gasteiger partial charge is 0.391 e. The zero-order valence-corrected chi connectivity index (χ0v) is 13.3. The molecule has 1 aliphatic rings. The molecule has 1 aliphatic heterocycles. The molecule has 0 unspecified atom stereocenters. The molecular weight excluding hydrogens is 298 g/mol. The Morgan fingerprint density at radius 2 is 2.27 bits per heavy atom. The predicted molar refractivity (Wildman–Crippen MR) is 85.7 cm³/mol. The summed E-state index contributed by atoms with van der Waals surface area (Å²) in [5.74, 6) is 0.187. The van der Waals surface area contributed by atoms with Crippen LogP contribution in [0.2, 0.25) is 0 Å². The third kappa shape index (κ3) is 3.56. The number of thiophene rings is 1. The minimum absolute atomic E-state index is 0.0117. The Labute approximate surface area is 134 Å². The van der Waals surface area contributed by atoms with E-state index in [-0.39, 0.29) is 11.9 Å². The molecule has 0 radical (unpaired) electrons. The number of aliphatic hydroxyl groups is 1. The fraction of sp³-hybridized carbons (Fsp3) is 0.500. The van der Waals surface area contributed by atoms with Crippen molar-refractivity contribution in [3.05, 3.63) is 41.1 Å². The maximum absolute atomic E-state index is 12.4. The van der Waals surface area contributed by atoms with Crippen molar-refractivity contribution in [1.82, 2.24) is 14.5 Å². The van der Waals surface area contributed by atoms with Crippen molar-refractivity contribution in [2.24, 2.45) is 0 Å². The first-order valence-corrected chi connectivity index (χ1v) is 8.57. The minimum Gasteiger partial charge on any atom is -0.391 e. The standard InChI is InChI=1S/C16H21N3O2S/c20-15-6-9-18(8-5-14(15)19-10-7-17-12-19)16(21)4-3-13-2-1-11-22-13/h1-2,7,10-12,14-15,20H,3-6,8-9H2/t14-,15-/m0/s1. The van der Waals surface area contributed by atoms with Crippen LogP contribution in [0, 0.1) is 0 Å². The number of hydrogen-bond acceptors (Lipinski definition) is 4. The SMILES string of the molecule is O=C(CCc1cccs1)N1CC[C@H](O)[C@@H](n2ccnc2)CC1. The zero-order chi connectivity index (χ0) is 15.4. The van der Waals surface area contributed by atoms with Crippen molar-refractivity contribution in [2.75, 3.05) is 13.1 Å². The maximum atomic E-state index is 12.4. The Kier molecular flexibility index (Phi) is 4.90. The number of aromatic nitrogens is 2. The number of imidazole rings is 1. The van der Waals surface area contributed by atoms with Gasteiger partial charge >= 0.3 is 0 Å². The molecule has 5 nitrogen and oxygen atoms in total. The number of carbonyl (C=O) groups excluding carboxylic acids is 1. The van der Waals surface area contributed by atoms with E-state index in [1.807, 2.05) is 27.1 Å². The number of aliphatic hydroxyl groups excluding tert-OH is 1. The summed E-state index contributed by atoms with van der Waals surface area (Å²) in [6.45, 7) is 1.33. The number of carbonyl (C=O) groups is 1. The molecule has 2 atom stereocenters. The van der Waals surface area contributed by atoms with Crippen molar-refractivity contribution in [2.45, 2.75) is 37.8 Å². The van der Waals surface area contributed by atoms with Crippen LogP contribution < -0.4 is 0 Å². The third-order valence-corrected chi connectivity index (χ3v) is 5.20. The van der Waals surface area contributed by atoms with Gasteiger partial charge in [-0.1, -0.05) is 6.07 Å². The predicted octanol–water partition coefficient (Wildman–Crippen LogP) is 2.10. The highest BCUT2D eigenvalue weighted by Gasteiger charge is 2.27. The van der Waals surface area contributed by atoms with E-state index in [0.717, 1.165) is 12.8 Å². The Hall–Kier alpha value is -1.66. The summed E-state index contributed by atoms with van der Waals surface area (Å²) in [6, 6.07) is 4.10. The van der Waals surface area contributed by atoms with Gasteiger partial charge in [-0.05, 0) is 30.7 Å². The Morgan fingerprint density at radius 1 is 1.41 bits per heavy atom. The lowest BCUT2D eigenvalue weighted by Crippen LogP contribution is -2.32. The molecule has 6 heteroatoms. The summed E-state index contributed by atoms with van der Waals surface area (Å²) in [6.07, 6.45) is 7.65. The molecule has 1 N–H and O–H groups in total. The first-order chi connectivity index (χ1) is 10.7. The molecule has 0 aliphatic carbocycles. The van der Waals surface area contributed by atoms with Crippen molar-refractivity contribution in [1.29, 1.82) is 0 Å². The summed E-state index contributed by atoms with van der Waals surface area (Å²) in [5.41, 5.74) is 0. The van der Waals surface area contributed by atoms with E-state index in [1.165, 1.54) is 4.88 Å². The van der Waals surface area contributed by atoms with E-state index in [9.17, 15) is 9.90 Å². The van der Waals surface area contributed by atoms with Gasteiger partial charge in [-0.15, -0.1) is 11.3 Å². The van der Waals surface area contributed by atoms with Crippen LogP contribution in [0.25, 0.3) is 0 Å². The van der Waals surface area contributed by atoms with Gasteiger partial charge in [0.1, 0.15) is 0 Å². The van der Waals surface area contributed by atoms with E-state index >= 15 is 0 Å². The van der Waals surface area contributed by atoms with E-state index in [4.69, 9.17) is 0 Å². The Bertz CT molecular complexity index is 583. The molecule has 1 amide bonds. The molecule has 22 heavy (non-hydrogen) atoms. The first-order valence-electron chi connectivity index (χ1n) is 7.69. The smallest absolute Gasteiger partial charge is 0.222 e. The summed E-state index contributed by atoms with van der Waals surface area (Å²) in [5, 5.41) is 12.4. The third-order valence-electron chi connectivity index (χ3n) is 4.26. The van der Waals surface area contributed by atoms with Gasteiger partial charge in [-0.3, -0.25) is 4.79 Å². The van der Waals surface area contributed by atoms with Gasteiger partial charge in [-0.25, -0.2) is 4.98 Å². The van der Waals surface area contributed by atoms with E-state index in [2.05, 4.69) is 11.1 Å². The van der Waals surface area contributed by atoms with Gasteiger partial charge in [0.05, 0.1) is 18.5 Å². The molecule has 3 heterocycles. The zero-order valence-electron chi connectivity index (χ0n) is 12.5. The second-order valence-corrected chi connectivity index (χ2v) is 6.71. The Balaban J connectivity index is 1.56. The van der Waals surface area contributed by atoms with Crippen molar-refractivity contribution in [3.8, 4) is 0 Å². The molecule has 0 saturated carbocycles. The van der Waals surface area contributed by atoms with Crippen LogP contribution in [-0.4, -0.2) is 44.7 Å². The average molecular weight is 319 g/mol. The van der Waals surface area contributed by atoms with E-state index in [1.54, 1.807) is 23.9 Å². The normalized spacial score (nSPS) is 22.5. The van der Waals surface area contributed by atoms with Crippen LogP contribution >= 0.6 is 11.3 Å². The summed E-state index contributed by atoms with van der Waals surface area (Å²) in [7, 11) is 0. The average Bonchev–Trinajstić information content (AvgIpc) is 3.18. The van der Waals surface area contributed by atoms with Crippen LogP contribution in [0.15, 0.2) is 36.2 Å². The second kappa shape index (κ2) is 7.07. The molecule has 2 aromatic heterocycles. The molecule has 1 fully saturated rings. The minimum atomic E-state index is -0.427. The van der Waals surface area contributed by atoms with Crippen LogP contribution in [0.3, 0.4) is 0 Å². The summed E-state index contributed by atoms with van der Waals surface area (Å²) < 4.78 is 1.95. The van der Waals surface area contributed by atoms with Crippen LogP contribution in [-0.2, 0) is 11.2 Å². The number of likely N-dealkylation sites (tertiary alicyclic amines) is 1. The van der Waals surface area contributed by atoms with Gasteiger partial charge in [-0.2, -0.15) is 0 Å². The lowest BCUT2D eigenvalue weighted by Gasteiger charge is -2.21. The lowest BCUT2D eigenvalue weighted by atomic mass is 10.1. The number of aryl methyl sites for hydroxylation is 1. The topological polar surface area (TPSA) is 58.4 Å². The fourth-order valence-corrected chi connectivity index (χ4v) is 3.69. The summed E-state index contributed by atoms with van der Waals surface area (Å²) in [4.78, 5) is 19.6. The number of rotatable bonds is 4. The highest BCUT2D eigenvalue weighted by molar-refractivity contribution is 7.09. The quantitative estimate of drug-likeness (QED) is 0.939. The van der Waals surface area contributed by atoms with E-state index in [0.29, 0.717) is 25.9 Å². The fourth-order valence-electron chi connectivity index (χ4n) is 2.98. The highest BCUT2D eigenvalue weighted by atomic mass is 32.1. The molecular formula is C16H21N3O2S. The maximum Gasteiger partial charge on any atom is 0.222 e. The molecule has 118 valence electrons. The number of hydrogen-bond donors (Lipinski definition) is 1. The molecule has 2 aromatic rings. The van der Waals surface area contributed by atoms with Gasteiger partial charge in [0.25, 0.3) is 0 Å². The Morgan fingerprint density at radius 3 is 3.00 bits per heavy atom. The lowest BCUT2D eigenvalue weighted by molar-refractivity contribution is -0.131. The van der Waals surface area contributed by atoms with Gasteiger partial charge in [0, 0.05) is 36.8 Å². The van der Waals surface area contributed by atoms with Gasteiger partial charge in [0.15, 0.2) is 0 Å². The van der Waals surface area contributed by atoms with Crippen molar-refractivity contribution in [3.63, 3.8) is 0 Å². The van der Waals surface area contributed by atoms with Crippen LogP contribution in [0.5, 0.6) is 0 Å². The van der Waals surface area contributed by atoms with Crippen LogP contribution in [0.4, 0.5) is 0 Å². The molecule has 0 bridgehead atoms. The molecule has 1 saturated heterocycles. The monoisotopic (exact) mass is 319 g/mol.